The highest BCUT2D eigenvalue weighted by atomic mass is 35.5. The fraction of sp³-hybridized carbons (Fsp3) is 0.0455. The van der Waals surface area contributed by atoms with Crippen molar-refractivity contribution in [1.82, 2.24) is 0 Å². The summed E-state index contributed by atoms with van der Waals surface area (Å²) >= 11 is 6.05. The molecule has 3 aromatic rings. The SMILES string of the molecule is C=CC(=O)Oc1cccc(N(c2ccc(Cl)cc2)c2cccc(OC)c2)c1. The zero-order chi connectivity index (χ0) is 19.2. The van der Waals surface area contributed by atoms with Gasteiger partial charge in [-0.3, -0.25) is 0 Å². The third-order valence-corrected chi connectivity index (χ3v) is 4.11. The molecule has 3 rings (SSSR count). The molecule has 0 bridgehead atoms. The van der Waals surface area contributed by atoms with Crippen LogP contribution in [0, 0.1) is 0 Å². The summed E-state index contributed by atoms with van der Waals surface area (Å²) in [4.78, 5) is 13.6. The Hall–Kier alpha value is -3.24. The van der Waals surface area contributed by atoms with E-state index in [0.29, 0.717) is 10.8 Å². The lowest BCUT2D eigenvalue weighted by Gasteiger charge is -2.26. The molecule has 0 amide bonds. The molecular weight excluding hydrogens is 362 g/mol. The van der Waals surface area contributed by atoms with Crippen molar-refractivity contribution in [2.45, 2.75) is 0 Å². The van der Waals surface area contributed by atoms with Crippen molar-refractivity contribution in [3.63, 3.8) is 0 Å². The number of nitrogens with zero attached hydrogens (tertiary/aromatic N) is 1. The van der Waals surface area contributed by atoms with E-state index in [-0.39, 0.29) is 0 Å². The summed E-state index contributed by atoms with van der Waals surface area (Å²) in [5, 5.41) is 0.651. The Morgan fingerprint density at radius 2 is 1.52 bits per heavy atom. The van der Waals surface area contributed by atoms with Crippen LogP contribution in [0.2, 0.25) is 5.02 Å². The van der Waals surface area contributed by atoms with Crippen molar-refractivity contribution in [3.8, 4) is 11.5 Å². The largest absolute Gasteiger partial charge is 0.497 e. The molecule has 0 heterocycles. The Morgan fingerprint density at radius 3 is 2.11 bits per heavy atom. The molecule has 0 spiro atoms. The van der Waals surface area contributed by atoms with Gasteiger partial charge in [-0.05, 0) is 48.5 Å². The molecule has 0 fully saturated rings. The molecule has 0 aliphatic rings. The van der Waals surface area contributed by atoms with Crippen LogP contribution >= 0.6 is 11.6 Å². The number of methoxy groups -OCH3 is 1. The summed E-state index contributed by atoms with van der Waals surface area (Å²) in [6.07, 6.45) is 1.13. The second kappa shape index (κ2) is 8.43. The van der Waals surface area contributed by atoms with Gasteiger partial charge in [0.1, 0.15) is 11.5 Å². The molecule has 3 aromatic carbocycles. The average Bonchev–Trinajstić information content (AvgIpc) is 2.70. The maximum atomic E-state index is 11.5. The zero-order valence-electron chi connectivity index (χ0n) is 14.8. The predicted octanol–water partition coefficient (Wildman–Crippen LogP) is 5.91. The van der Waals surface area contributed by atoms with E-state index in [9.17, 15) is 4.79 Å². The minimum atomic E-state index is -0.508. The number of hydrogen-bond acceptors (Lipinski definition) is 4. The van der Waals surface area contributed by atoms with E-state index in [0.717, 1.165) is 28.9 Å². The van der Waals surface area contributed by atoms with E-state index in [4.69, 9.17) is 21.1 Å². The molecule has 0 saturated carbocycles. The van der Waals surface area contributed by atoms with Crippen LogP contribution < -0.4 is 14.4 Å². The highest BCUT2D eigenvalue weighted by Gasteiger charge is 2.14. The van der Waals surface area contributed by atoms with Crippen molar-refractivity contribution in [3.05, 3.63) is 90.5 Å². The van der Waals surface area contributed by atoms with Gasteiger partial charge in [-0.25, -0.2) is 4.79 Å². The van der Waals surface area contributed by atoms with Gasteiger partial charge in [0.15, 0.2) is 0 Å². The number of halogens is 1. The van der Waals surface area contributed by atoms with Gasteiger partial charge >= 0.3 is 5.97 Å². The first-order chi connectivity index (χ1) is 13.1. The highest BCUT2D eigenvalue weighted by molar-refractivity contribution is 6.30. The molecule has 0 aliphatic carbocycles. The van der Waals surface area contributed by atoms with E-state index < -0.39 is 5.97 Å². The van der Waals surface area contributed by atoms with E-state index in [1.165, 1.54) is 0 Å². The summed E-state index contributed by atoms with van der Waals surface area (Å²) < 4.78 is 10.6. The smallest absolute Gasteiger partial charge is 0.335 e. The molecular formula is C22H18ClNO3. The maximum Gasteiger partial charge on any atom is 0.335 e. The molecule has 5 heteroatoms. The summed E-state index contributed by atoms with van der Waals surface area (Å²) in [6, 6.07) is 22.4. The average molecular weight is 380 g/mol. The van der Waals surface area contributed by atoms with Crippen LogP contribution in [-0.4, -0.2) is 13.1 Å². The lowest BCUT2D eigenvalue weighted by Crippen LogP contribution is -2.10. The van der Waals surface area contributed by atoms with Crippen molar-refractivity contribution in [1.29, 1.82) is 0 Å². The molecule has 136 valence electrons. The number of esters is 1. The van der Waals surface area contributed by atoms with Crippen LogP contribution in [0.5, 0.6) is 11.5 Å². The quantitative estimate of drug-likeness (QED) is 0.303. The monoisotopic (exact) mass is 379 g/mol. The zero-order valence-corrected chi connectivity index (χ0v) is 15.5. The van der Waals surface area contributed by atoms with E-state index >= 15 is 0 Å². The first-order valence-electron chi connectivity index (χ1n) is 8.25. The minimum Gasteiger partial charge on any atom is -0.497 e. The maximum absolute atomic E-state index is 11.5. The Balaban J connectivity index is 2.09. The van der Waals surface area contributed by atoms with Gasteiger partial charge < -0.3 is 14.4 Å². The molecule has 4 nitrogen and oxygen atoms in total. The molecule has 0 radical (unpaired) electrons. The number of carbonyl (C=O) groups excluding carboxylic acids is 1. The lowest BCUT2D eigenvalue weighted by molar-refractivity contribution is -0.128. The number of rotatable bonds is 6. The standard InChI is InChI=1S/C22H18ClNO3/c1-3-22(25)27-21-9-5-7-19(15-21)24(17-12-10-16(23)11-13-17)18-6-4-8-20(14-18)26-2/h3-15H,1H2,2H3. The van der Waals surface area contributed by atoms with Crippen molar-refractivity contribution >= 4 is 34.6 Å². The van der Waals surface area contributed by atoms with Crippen LogP contribution in [0.3, 0.4) is 0 Å². The van der Waals surface area contributed by atoms with Gasteiger partial charge in [0, 0.05) is 40.3 Å². The highest BCUT2D eigenvalue weighted by Crippen LogP contribution is 2.37. The number of hydrogen-bond donors (Lipinski definition) is 0. The third kappa shape index (κ3) is 4.49. The number of benzene rings is 3. The van der Waals surface area contributed by atoms with Crippen molar-refractivity contribution < 1.29 is 14.3 Å². The Labute approximate surface area is 163 Å². The molecule has 0 aliphatic heterocycles. The molecule has 0 unspecified atom stereocenters. The first kappa shape index (κ1) is 18.5. The van der Waals surface area contributed by atoms with Crippen LogP contribution in [0.1, 0.15) is 0 Å². The van der Waals surface area contributed by atoms with Gasteiger partial charge in [0.25, 0.3) is 0 Å². The fourth-order valence-electron chi connectivity index (χ4n) is 2.63. The van der Waals surface area contributed by atoms with Crippen LogP contribution in [0.25, 0.3) is 0 Å². The molecule has 0 aromatic heterocycles. The second-order valence-corrected chi connectivity index (χ2v) is 6.07. The van der Waals surface area contributed by atoms with E-state index in [1.54, 1.807) is 19.2 Å². The normalized spacial score (nSPS) is 10.1. The van der Waals surface area contributed by atoms with Gasteiger partial charge in [0.2, 0.25) is 0 Å². The van der Waals surface area contributed by atoms with Crippen molar-refractivity contribution in [2.24, 2.45) is 0 Å². The third-order valence-electron chi connectivity index (χ3n) is 3.86. The van der Waals surface area contributed by atoms with Crippen LogP contribution in [-0.2, 0) is 4.79 Å². The molecule has 0 saturated heterocycles. The molecule has 27 heavy (non-hydrogen) atoms. The summed E-state index contributed by atoms with van der Waals surface area (Å²) in [5.74, 6) is 0.659. The van der Waals surface area contributed by atoms with Crippen LogP contribution in [0.4, 0.5) is 17.1 Å². The van der Waals surface area contributed by atoms with E-state index in [2.05, 4.69) is 6.58 Å². The minimum absolute atomic E-state index is 0.430. The second-order valence-electron chi connectivity index (χ2n) is 5.64. The Kier molecular flexibility index (Phi) is 5.79. The van der Waals surface area contributed by atoms with Gasteiger partial charge in [0.05, 0.1) is 7.11 Å². The predicted molar refractivity (Wildman–Crippen MR) is 109 cm³/mol. The van der Waals surface area contributed by atoms with Gasteiger partial charge in [-0.1, -0.05) is 30.3 Å². The topological polar surface area (TPSA) is 38.8 Å². The number of carbonyl (C=O) groups is 1. The molecule has 0 atom stereocenters. The van der Waals surface area contributed by atoms with Crippen LogP contribution in [0.15, 0.2) is 85.5 Å². The summed E-state index contributed by atoms with van der Waals surface area (Å²) in [6.45, 7) is 3.43. The molecule has 0 N–H and O–H groups in total. The summed E-state index contributed by atoms with van der Waals surface area (Å²) in [5.41, 5.74) is 2.61. The van der Waals surface area contributed by atoms with E-state index in [1.807, 2.05) is 65.6 Å². The summed E-state index contributed by atoms with van der Waals surface area (Å²) in [7, 11) is 1.63. The first-order valence-corrected chi connectivity index (χ1v) is 8.62. The van der Waals surface area contributed by atoms with Gasteiger partial charge in [-0.2, -0.15) is 0 Å². The van der Waals surface area contributed by atoms with Crippen molar-refractivity contribution in [2.75, 3.05) is 12.0 Å². The Morgan fingerprint density at radius 1 is 0.926 bits per heavy atom. The fourth-order valence-corrected chi connectivity index (χ4v) is 2.76. The lowest BCUT2D eigenvalue weighted by atomic mass is 10.2. The number of ether oxygens (including phenoxy) is 2. The Bertz CT molecular complexity index is 954. The number of anilines is 3. The van der Waals surface area contributed by atoms with Gasteiger partial charge in [-0.15, -0.1) is 0 Å².